The van der Waals surface area contributed by atoms with Gasteiger partial charge in [-0.2, -0.15) is 4.98 Å². The average Bonchev–Trinajstić information content (AvgIpc) is 3.82. The fourth-order valence-electron chi connectivity index (χ4n) is 6.49. The number of imidazole rings is 1. The van der Waals surface area contributed by atoms with Gasteiger partial charge in [0.15, 0.2) is 21.2 Å². The van der Waals surface area contributed by atoms with Crippen molar-refractivity contribution in [2.24, 2.45) is 0 Å². The Labute approximate surface area is 331 Å². The summed E-state index contributed by atoms with van der Waals surface area (Å²) >= 11 is 7.04. The van der Waals surface area contributed by atoms with Gasteiger partial charge in [-0.25, -0.2) is 4.79 Å². The van der Waals surface area contributed by atoms with Crippen molar-refractivity contribution in [3.05, 3.63) is 65.2 Å². The van der Waals surface area contributed by atoms with E-state index < -0.39 is 22.4 Å². The van der Waals surface area contributed by atoms with Gasteiger partial charge in [-0.05, 0) is 65.6 Å². The molecule has 11 nitrogen and oxygen atoms in total. The highest BCUT2D eigenvalue weighted by Gasteiger charge is 2.52. The summed E-state index contributed by atoms with van der Waals surface area (Å²) in [4.78, 5) is 17.2. The van der Waals surface area contributed by atoms with Crippen LogP contribution in [0.5, 0.6) is 11.8 Å². The van der Waals surface area contributed by atoms with E-state index in [1.807, 2.05) is 47.0 Å². The van der Waals surface area contributed by atoms with Gasteiger partial charge in [-0.15, -0.1) is 0 Å². The standard InChI is InChI=1S/C41H55ClN2O9Si2/c1-41(2,3)55(9,10)53-36-23-50-37-35(22-49-38(36)37)52-40-43-32-20-30(31(42)21-33(32)44(40)24-48-17-18-54(6,7)8)27-13-11-26(12-14-27)29-16-15-28(39(45)47-5)19-34(29)51-25-46-4/h11-16,19-21,35-38H,17-18,22-25H2,1-10H3/t35-,36?,37-,38-/m1/s1. The van der Waals surface area contributed by atoms with Gasteiger partial charge in [0.05, 0.1) is 48.0 Å². The molecule has 4 aromatic rings. The third-order valence-corrected chi connectivity index (χ3v) is 17.3. The number of nitrogens with zero attached hydrogens (tertiary/aromatic N) is 2. The van der Waals surface area contributed by atoms with Gasteiger partial charge in [-0.3, -0.25) is 4.57 Å². The number of halogens is 1. The number of benzene rings is 3. The van der Waals surface area contributed by atoms with Crippen LogP contribution in [0.15, 0.2) is 54.6 Å². The molecule has 0 aliphatic carbocycles. The third kappa shape index (κ3) is 9.31. The van der Waals surface area contributed by atoms with E-state index in [4.69, 9.17) is 54.2 Å². The second kappa shape index (κ2) is 16.7. The number of carbonyl (C=O) groups is 1. The Bertz CT molecular complexity index is 1970. The van der Waals surface area contributed by atoms with Gasteiger partial charge in [0.1, 0.15) is 24.7 Å². The Morgan fingerprint density at radius 1 is 0.909 bits per heavy atom. The summed E-state index contributed by atoms with van der Waals surface area (Å²) in [5, 5.41) is 0.639. The highest BCUT2D eigenvalue weighted by molar-refractivity contribution is 6.76. The average molecular weight is 812 g/mol. The molecule has 0 N–H and O–H groups in total. The van der Waals surface area contributed by atoms with E-state index in [9.17, 15) is 4.79 Å². The fourth-order valence-corrected chi connectivity index (χ4v) is 8.83. The van der Waals surface area contributed by atoms with Crippen molar-refractivity contribution in [3.8, 4) is 34.0 Å². The number of hydrogen-bond acceptors (Lipinski definition) is 10. The van der Waals surface area contributed by atoms with Crippen LogP contribution in [0.25, 0.3) is 33.3 Å². The number of methoxy groups -OCH3 is 2. The van der Waals surface area contributed by atoms with Gasteiger partial charge < -0.3 is 37.6 Å². The van der Waals surface area contributed by atoms with Gasteiger partial charge in [0, 0.05) is 32.9 Å². The topological polar surface area (TPSA) is 109 Å². The molecule has 6 rings (SSSR count). The maximum Gasteiger partial charge on any atom is 0.337 e. The lowest BCUT2D eigenvalue weighted by Gasteiger charge is -2.39. The Balaban J connectivity index is 1.27. The lowest BCUT2D eigenvalue weighted by atomic mass is 9.98. The number of aromatic nitrogens is 2. The van der Waals surface area contributed by atoms with Gasteiger partial charge in [0.2, 0.25) is 0 Å². The molecule has 4 atom stereocenters. The summed E-state index contributed by atoms with van der Waals surface area (Å²) in [6, 6.07) is 18.6. The highest BCUT2D eigenvalue weighted by atomic mass is 35.5. The zero-order chi connectivity index (χ0) is 39.7. The van der Waals surface area contributed by atoms with Crippen molar-refractivity contribution < 1.29 is 42.4 Å². The van der Waals surface area contributed by atoms with Crippen LogP contribution in [0.4, 0.5) is 0 Å². The van der Waals surface area contributed by atoms with E-state index in [1.54, 1.807) is 19.2 Å². The molecule has 1 aromatic heterocycles. The van der Waals surface area contributed by atoms with E-state index in [1.165, 1.54) is 7.11 Å². The summed E-state index contributed by atoms with van der Waals surface area (Å²) in [5.41, 5.74) is 5.33. The van der Waals surface area contributed by atoms with Crippen molar-refractivity contribution >= 4 is 45.0 Å². The zero-order valence-corrected chi connectivity index (χ0v) is 36.5. The number of fused-ring (bicyclic) bond motifs is 2. The van der Waals surface area contributed by atoms with Crippen molar-refractivity contribution in [3.63, 3.8) is 0 Å². The first kappa shape index (κ1) is 41.4. The summed E-state index contributed by atoms with van der Waals surface area (Å²) in [5.74, 6) is 0.0546. The van der Waals surface area contributed by atoms with Crippen LogP contribution in [-0.4, -0.2) is 97.2 Å². The largest absolute Gasteiger partial charge is 0.467 e. The fraction of sp³-hybridized carbons (Fsp3) is 0.512. The van der Waals surface area contributed by atoms with E-state index in [2.05, 4.69) is 53.5 Å². The number of carbonyl (C=O) groups excluding carboxylic acids is 1. The van der Waals surface area contributed by atoms with Crippen LogP contribution in [0.1, 0.15) is 31.1 Å². The minimum absolute atomic E-state index is 0.0290. The van der Waals surface area contributed by atoms with E-state index in [-0.39, 0.29) is 43.0 Å². The van der Waals surface area contributed by atoms with Crippen LogP contribution in [0.2, 0.25) is 48.8 Å². The lowest BCUT2D eigenvalue weighted by Crippen LogP contribution is -2.47. The maximum absolute atomic E-state index is 12.2. The molecule has 2 saturated heterocycles. The predicted octanol–water partition coefficient (Wildman–Crippen LogP) is 9.04. The minimum Gasteiger partial charge on any atom is -0.467 e. The molecule has 2 aliphatic rings. The Morgan fingerprint density at radius 3 is 2.20 bits per heavy atom. The minimum atomic E-state index is -2.03. The second-order valence-corrected chi connectivity index (χ2v) is 27.8. The Morgan fingerprint density at radius 2 is 1.56 bits per heavy atom. The molecule has 298 valence electrons. The number of rotatable bonds is 15. The molecule has 55 heavy (non-hydrogen) atoms. The van der Waals surface area contributed by atoms with E-state index in [0.29, 0.717) is 42.2 Å². The first-order valence-corrected chi connectivity index (χ1v) is 25.8. The molecule has 2 fully saturated rings. The first-order chi connectivity index (χ1) is 26.0. The summed E-state index contributed by atoms with van der Waals surface area (Å²) in [7, 11) is -0.442. The van der Waals surface area contributed by atoms with Crippen LogP contribution in [-0.2, 0) is 34.8 Å². The highest BCUT2D eigenvalue weighted by Crippen LogP contribution is 2.42. The van der Waals surface area contributed by atoms with Gasteiger partial charge >= 0.3 is 5.97 Å². The number of ether oxygens (including phenoxy) is 7. The van der Waals surface area contributed by atoms with E-state index >= 15 is 0 Å². The SMILES string of the molecule is COCOc1cc(C(=O)OC)ccc1-c1ccc(-c2cc3nc(O[C@@H]4CO[C@@H]5C(O[Si](C)(C)C(C)(C)C)CO[C@@H]54)n(COCC[Si](C)(C)C)c3cc2Cl)cc1. The smallest absolute Gasteiger partial charge is 0.337 e. The summed E-state index contributed by atoms with van der Waals surface area (Å²) < 4.78 is 50.0. The molecule has 14 heteroatoms. The molecule has 0 spiro atoms. The van der Waals surface area contributed by atoms with Crippen molar-refractivity contribution in [1.29, 1.82) is 0 Å². The number of hydrogen-bond donors (Lipinski definition) is 0. The molecule has 0 bridgehead atoms. The Kier molecular flexibility index (Phi) is 12.5. The molecule has 0 amide bonds. The van der Waals surface area contributed by atoms with Crippen LogP contribution in [0.3, 0.4) is 0 Å². The maximum atomic E-state index is 12.2. The molecular weight excluding hydrogens is 756 g/mol. The molecule has 0 radical (unpaired) electrons. The van der Waals surface area contributed by atoms with Gasteiger partial charge in [-0.1, -0.05) is 76.3 Å². The van der Waals surface area contributed by atoms with Crippen molar-refractivity contribution in [1.82, 2.24) is 9.55 Å². The summed E-state index contributed by atoms with van der Waals surface area (Å²) in [6.45, 7) is 20.0. The molecular formula is C41H55ClN2O9Si2. The monoisotopic (exact) mass is 810 g/mol. The van der Waals surface area contributed by atoms with Crippen molar-refractivity contribution in [2.75, 3.05) is 40.8 Å². The van der Waals surface area contributed by atoms with Gasteiger partial charge in [0.25, 0.3) is 6.01 Å². The molecule has 2 aliphatic heterocycles. The van der Waals surface area contributed by atoms with Crippen LogP contribution >= 0.6 is 11.6 Å². The summed E-state index contributed by atoms with van der Waals surface area (Å²) in [6.07, 6.45) is -0.981. The van der Waals surface area contributed by atoms with Crippen LogP contribution in [0, 0.1) is 0 Å². The lowest BCUT2D eigenvalue weighted by molar-refractivity contribution is 0.00692. The van der Waals surface area contributed by atoms with Crippen molar-refractivity contribution in [2.45, 2.75) is 95.7 Å². The number of esters is 1. The molecule has 0 saturated carbocycles. The zero-order valence-electron chi connectivity index (χ0n) is 33.7. The quantitative estimate of drug-likeness (QED) is 0.0500. The Hall–Kier alpha value is -3.28. The second-order valence-electron chi connectivity index (χ2n) is 17.0. The third-order valence-electron chi connectivity index (χ3n) is 10.7. The van der Waals surface area contributed by atoms with E-state index in [0.717, 1.165) is 39.3 Å². The molecule has 1 unspecified atom stereocenters. The molecule has 3 aromatic carbocycles. The normalized spacial score (nSPS) is 20.2. The van der Waals surface area contributed by atoms with Crippen LogP contribution < -0.4 is 9.47 Å². The first-order valence-electron chi connectivity index (χ1n) is 18.8. The predicted molar refractivity (Wildman–Crippen MR) is 220 cm³/mol. The molecule has 3 heterocycles.